The van der Waals surface area contributed by atoms with Crippen LogP contribution in [-0.2, 0) is 18.3 Å². The van der Waals surface area contributed by atoms with Crippen LogP contribution in [0.4, 0.5) is 8.78 Å². The summed E-state index contributed by atoms with van der Waals surface area (Å²) in [6.07, 6.45) is -1.35. The Bertz CT molecular complexity index is 708. The van der Waals surface area contributed by atoms with Crippen molar-refractivity contribution in [2.45, 2.75) is 26.4 Å². The van der Waals surface area contributed by atoms with Crippen LogP contribution in [-0.4, -0.2) is 27.3 Å². The van der Waals surface area contributed by atoms with Crippen molar-refractivity contribution in [3.63, 3.8) is 0 Å². The van der Waals surface area contributed by atoms with Crippen LogP contribution < -0.4 is 5.32 Å². The number of aliphatic hydroxyl groups is 1. The van der Waals surface area contributed by atoms with Crippen LogP contribution in [0.1, 0.15) is 28.6 Å². The zero-order valence-corrected chi connectivity index (χ0v) is 13.2. The molecule has 0 aliphatic heterocycles. The fourth-order valence-corrected chi connectivity index (χ4v) is 2.44. The first-order valence-corrected chi connectivity index (χ1v) is 7.19. The second-order valence-corrected chi connectivity index (χ2v) is 5.40. The number of aromatic nitrogens is 2. The Morgan fingerprint density at radius 1 is 1.35 bits per heavy atom. The maximum atomic E-state index is 13.6. The summed E-state index contributed by atoms with van der Waals surface area (Å²) in [7, 11) is 1.79. The molecule has 2 N–H and O–H groups in total. The Hall–Kier alpha value is -2.28. The molecule has 0 saturated carbocycles. The van der Waals surface area contributed by atoms with Gasteiger partial charge in [-0.15, -0.1) is 0 Å². The number of halogens is 2. The van der Waals surface area contributed by atoms with Crippen molar-refractivity contribution < 1.29 is 18.7 Å². The average molecular weight is 323 g/mol. The molecule has 0 spiro atoms. The summed E-state index contributed by atoms with van der Waals surface area (Å²) >= 11 is 0. The van der Waals surface area contributed by atoms with E-state index in [2.05, 4.69) is 10.4 Å². The van der Waals surface area contributed by atoms with E-state index in [4.69, 9.17) is 0 Å². The van der Waals surface area contributed by atoms with Crippen LogP contribution in [0.5, 0.6) is 0 Å². The smallest absolute Gasteiger partial charge is 0.224 e. The molecule has 1 atom stereocenters. The lowest BCUT2D eigenvalue weighted by Crippen LogP contribution is -2.30. The third kappa shape index (κ3) is 3.73. The monoisotopic (exact) mass is 323 g/mol. The van der Waals surface area contributed by atoms with Crippen molar-refractivity contribution in [3.8, 4) is 0 Å². The van der Waals surface area contributed by atoms with Crippen molar-refractivity contribution in [3.05, 3.63) is 52.3 Å². The maximum Gasteiger partial charge on any atom is 0.224 e. The first-order valence-electron chi connectivity index (χ1n) is 7.19. The Morgan fingerprint density at radius 3 is 2.48 bits per heavy atom. The van der Waals surface area contributed by atoms with Crippen LogP contribution in [0, 0.1) is 25.5 Å². The Balaban J connectivity index is 1.99. The number of rotatable bonds is 5. The van der Waals surface area contributed by atoms with E-state index in [0.29, 0.717) is 0 Å². The van der Waals surface area contributed by atoms with Gasteiger partial charge in [-0.2, -0.15) is 5.10 Å². The van der Waals surface area contributed by atoms with E-state index < -0.39 is 23.3 Å². The van der Waals surface area contributed by atoms with Gasteiger partial charge in [-0.3, -0.25) is 9.48 Å². The zero-order chi connectivity index (χ0) is 17.1. The highest BCUT2D eigenvalue weighted by Gasteiger charge is 2.19. The molecule has 0 aliphatic carbocycles. The first kappa shape index (κ1) is 17.1. The lowest BCUT2D eigenvalue weighted by atomic mass is 10.1. The second-order valence-electron chi connectivity index (χ2n) is 5.40. The van der Waals surface area contributed by atoms with Crippen LogP contribution in [0.2, 0.25) is 0 Å². The molecule has 0 bridgehead atoms. The van der Waals surface area contributed by atoms with Gasteiger partial charge in [0.2, 0.25) is 5.91 Å². The number of aliphatic hydroxyl groups excluding tert-OH is 1. The molecule has 0 radical (unpaired) electrons. The van der Waals surface area contributed by atoms with Gasteiger partial charge in [-0.05, 0) is 26.0 Å². The molecule has 124 valence electrons. The predicted molar refractivity (Wildman–Crippen MR) is 80.7 cm³/mol. The summed E-state index contributed by atoms with van der Waals surface area (Å²) in [5.74, 6) is -2.03. The Labute approximate surface area is 132 Å². The summed E-state index contributed by atoms with van der Waals surface area (Å²) < 4.78 is 28.8. The van der Waals surface area contributed by atoms with Gasteiger partial charge in [0, 0.05) is 24.8 Å². The van der Waals surface area contributed by atoms with Gasteiger partial charge in [0.1, 0.15) is 17.7 Å². The van der Waals surface area contributed by atoms with Gasteiger partial charge in [0.25, 0.3) is 0 Å². The molecule has 1 aromatic carbocycles. The second kappa shape index (κ2) is 6.87. The summed E-state index contributed by atoms with van der Waals surface area (Å²) in [5, 5.41) is 16.6. The van der Waals surface area contributed by atoms with E-state index in [0.717, 1.165) is 29.1 Å². The lowest BCUT2D eigenvalue weighted by Gasteiger charge is -2.14. The van der Waals surface area contributed by atoms with E-state index in [1.807, 2.05) is 6.92 Å². The normalized spacial score (nSPS) is 12.3. The number of aryl methyl sites for hydroxylation is 2. The molecule has 0 saturated heterocycles. The van der Waals surface area contributed by atoms with Crippen molar-refractivity contribution in [1.82, 2.24) is 15.1 Å². The topological polar surface area (TPSA) is 67.2 Å². The van der Waals surface area contributed by atoms with Gasteiger partial charge in [0.15, 0.2) is 0 Å². The van der Waals surface area contributed by atoms with Crippen molar-refractivity contribution in [2.24, 2.45) is 7.05 Å². The van der Waals surface area contributed by atoms with E-state index >= 15 is 0 Å². The first-order chi connectivity index (χ1) is 10.8. The Kier molecular flexibility index (Phi) is 5.10. The third-order valence-corrected chi connectivity index (χ3v) is 3.82. The van der Waals surface area contributed by atoms with E-state index in [-0.39, 0.29) is 18.9 Å². The van der Waals surface area contributed by atoms with Gasteiger partial charge in [-0.1, -0.05) is 6.07 Å². The largest absolute Gasteiger partial charge is 0.386 e. The van der Waals surface area contributed by atoms with Gasteiger partial charge < -0.3 is 10.4 Å². The maximum absolute atomic E-state index is 13.6. The molecule has 7 heteroatoms. The summed E-state index contributed by atoms with van der Waals surface area (Å²) in [4.78, 5) is 12.0. The number of nitrogens with zero attached hydrogens (tertiary/aromatic N) is 2. The molecule has 1 amide bonds. The summed E-state index contributed by atoms with van der Waals surface area (Å²) in [6.45, 7) is 3.39. The van der Waals surface area contributed by atoms with Crippen LogP contribution in [0.25, 0.3) is 0 Å². The number of carbonyl (C=O) groups excluding carboxylic acids is 1. The third-order valence-electron chi connectivity index (χ3n) is 3.82. The highest BCUT2D eigenvalue weighted by molar-refractivity contribution is 5.79. The molecule has 0 fully saturated rings. The molecule has 5 nitrogen and oxygen atoms in total. The van der Waals surface area contributed by atoms with E-state index in [1.165, 1.54) is 6.07 Å². The molecule has 1 heterocycles. The lowest BCUT2D eigenvalue weighted by molar-refractivity contribution is -0.120. The fraction of sp³-hybridized carbons (Fsp3) is 0.375. The molecule has 23 heavy (non-hydrogen) atoms. The molecule has 1 aromatic heterocycles. The van der Waals surface area contributed by atoms with Crippen LogP contribution in [0.15, 0.2) is 18.2 Å². The van der Waals surface area contributed by atoms with Crippen molar-refractivity contribution in [2.75, 3.05) is 6.54 Å². The van der Waals surface area contributed by atoms with Crippen molar-refractivity contribution in [1.29, 1.82) is 0 Å². The zero-order valence-electron chi connectivity index (χ0n) is 13.2. The minimum atomic E-state index is -1.45. The summed E-state index contributed by atoms with van der Waals surface area (Å²) in [5.41, 5.74) is 1.98. The number of nitrogens with one attached hydrogen (secondary N) is 1. The number of hydrogen-bond acceptors (Lipinski definition) is 3. The highest BCUT2D eigenvalue weighted by atomic mass is 19.1. The molecular weight excluding hydrogens is 304 g/mol. The Morgan fingerprint density at radius 2 is 1.96 bits per heavy atom. The SMILES string of the molecule is Cc1nn(C)c(C)c1CC(=O)NCC(O)c1c(F)cccc1F. The van der Waals surface area contributed by atoms with Gasteiger partial charge in [0.05, 0.1) is 17.7 Å². The van der Waals surface area contributed by atoms with Crippen LogP contribution >= 0.6 is 0 Å². The molecular formula is C16H19F2N3O2. The van der Waals surface area contributed by atoms with Crippen LogP contribution in [0.3, 0.4) is 0 Å². The minimum absolute atomic E-state index is 0.0952. The molecule has 1 unspecified atom stereocenters. The molecule has 2 rings (SSSR count). The van der Waals surface area contributed by atoms with Gasteiger partial charge >= 0.3 is 0 Å². The molecule has 2 aromatic rings. The number of benzene rings is 1. The number of amides is 1. The number of hydrogen-bond donors (Lipinski definition) is 2. The standard InChI is InChI=1S/C16H19F2N3O2/c1-9-11(10(2)21(3)20-9)7-15(23)19-8-14(22)16-12(17)5-4-6-13(16)18/h4-6,14,22H,7-8H2,1-3H3,(H,19,23). The predicted octanol–water partition coefficient (Wildman–Crippen LogP) is 1.71. The van der Waals surface area contributed by atoms with E-state index in [9.17, 15) is 18.7 Å². The quantitative estimate of drug-likeness (QED) is 0.880. The van der Waals surface area contributed by atoms with Crippen molar-refractivity contribution >= 4 is 5.91 Å². The number of carbonyl (C=O) groups is 1. The minimum Gasteiger partial charge on any atom is -0.386 e. The summed E-state index contributed by atoms with van der Waals surface area (Å²) in [6, 6.07) is 3.34. The molecule has 0 aliphatic rings. The average Bonchev–Trinajstić information content (AvgIpc) is 2.71. The fourth-order valence-electron chi connectivity index (χ4n) is 2.44. The van der Waals surface area contributed by atoms with Gasteiger partial charge in [-0.25, -0.2) is 8.78 Å². The van der Waals surface area contributed by atoms with E-state index in [1.54, 1.807) is 18.7 Å². The highest BCUT2D eigenvalue weighted by Crippen LogP contribution is 2.20.